The van der Waals surface area contributed by atoms with E-state index in [2.05, 4.69) is 46.4 Å². The molecule has 5 N–H and O–H groups in total. The zero-order valence-electron chi connectivity index (χ0n) is 43.6. The molecule has 4 heterocycles. The van der Waals surface area contributed by atoms with E-state index < -0.39 is 35.4 Å². The van der Waals surface area contributed by atoms with Gasteiger partial charge in [-0.25, -0.2) is 15.0 Å². The third-order valence-electron chi connectivity index (χ3n) is 12.8. The number of carbonyl (C=O) groups excluding carboxylic acids is 4. The van der Waals surface area contributed by atoms with Crippen LogP contribution in [0.25, 0.3) is 22.0 Å². The molecule has 6 aromatic rings. The maximum Gasteiger partial charge on any atom is 0.251 e. The Labute approximate surface area is 442 Å². The van der Waals surface area contributed by atoms with E-state index in [9.17, 15) is 24.3 Å². The lowest BCUT2D eigenvalue weighted by molar-refractivity contribution is -0.144. The van der Waals surface area contributed by atoms with E-state index in [1.54, 1.807) is 29.7 Å². The van der Waals surface area contributed by atoms with Gasteiger partial charge in [0.25, 0.3) is 5.91 Å². The van der Waals surface area contributed by atoms with Gasteiger partial charge in [-0.2, -0.15) is 0 Å². The number of aromatic nitrogens is 6. The van der Waals surface area contributed by atoms with Gasteiger partial charge in [0.2, 0.25) is 17.7 Å². The number of rotatable bonds is 26. The van der Waals surface area contributed by atoms with Gasteiger partial charge in [0.15, 0.2) is 11.6 Å². The molecule has 20 heteroatoms. The van der Waals surface area contributed by atoms with E-state index in [-0.39, 0.29) is 44.0 Å². The number of thiazole rings is 1. The maximum atomic E-state index is 14.0. The van der Waals surface area contributed by atoms with Crippen LogP contribution in [0.2, 0.25) is 0 Å². The second kappa shape index (κ2) is 26.9. The number of nitrogens with one attached hydrogen (secondary N) is 4. The first kappa shape index (κ1) is 55.6. The Bertz CT molecular complexity index is 2800. The van der Waals surface area contributed by atoms with Gasteiger partial charge in [-0.05, 0) is 98.0 Å². The summed E-state index contributed by atoms with van der Waals surface area (Å²) in [4.78, 5) is 68.7. The summed E-state index contributed by atoms with van der Waals surface area (Å²) in [6.45, 7) is 11.8. The van der Waals surface area contributed by atoms with Crippen molar-refractivity contribution >= 4 is 40.7 Å². The van der Waals surface area contributed by atoms with Crippen molar-refractivity contribution in [2.75, 3.05) is 44.9 Å². The molecule has 3 aromatic carbocycles. The normalized spacial score (nSPS) is 15.3. The molecule has 0 radical (unpaired) electrons. The fourth-order valence-electron chi connectivity index (χ4n) is 8.51. The van der Waals surface area contributed by atoms with Crippen LogP contribution in [0.4, 0.5) is 5.69 Å². The van der Waals surface area contributed by atoms with Crippen LogP contribution in [-0.4, -0.2) is 121 Å². The van der Waals surface area contributed by atoms with E-state index in [0.29, 0.717) is 62.3 Å². The molecule has 0 unspecified atom stereocenters. The van der Waals surface area contributed by atoms with Crippen LogP contribution in [0, 0.1) is 12.3 Å². The molecule has 3 aromatic heterocycles. The summed E-state index contributed by atoms with van der Waals surface area (Å²) in [6.07, 6.45) is 5.63. The molecule has 4 amide bonds. The number of amides is 4. The fraction of sp³-hybridized carbons (Fsp3) is 0.436. The van der Waals surface area contributed by atoms with Crippen molar-refractivity contribution in [1.29, 1.82) is 0 Å². The summed E-state index contributed by atoms with van der Waals surface area (Å²) in [5.41, 5.74) is 6.98. The molecular formula is C55H69N11O8S. The monoisotopic (exact) mass is 1040 g/mol. The number of unbranched alkanes of at least 4 members (excludes halogenated alkanes) is 2. The molecular weight excluding hydrogens is 975 g/mol. The first-order valence-electron chi connectivity index (χ1n) is 25.4. The lowest BCUT2D eigenvalue weighted by Crippen LogP contribution is -2.58. The number of hydrogen-bond acceptors (Lipinski definition) is 15. The van der Waals surface area contributed by atoms with Crippen LogP contribution in [-0.2, 0) is 44.0 Å². The Hall–Kier alpha value is -7.13. The summed E-state index contributed by atoms with van der Waals surface area (Å²) in [5, 5.41) is 31.3. The highest BCUT2D eigenvalue weighted by Gasteiger charge is 2.44. The van der Waals surface area contributed by atoms with Crippen LogP contribution in [0.15, 0.2) is 96.9 Å². The summed E-state index contributed by atoms with van der Waals surface area (Å²) in [6, 6.07) is 22.7. The van der Waals surface area contributed by atoms with Gasteiger partial charge in [0.1, 0.15) is 36.5 Å². The zero-order chi connectivity index (χ0) is 53.3. The number of likely N-dealkylation sites (tertiary alicyclic amines) is 1. The van der Waals surface area contributed by atoms with Crippen molar-refractivity contribution in [3.63, 3.8) is 0 Å². The van der Waals surface area contributed by atoms with E-state index in [1.165, 1.54) is 11.2 Å². The average Bonchev–Trinajstić information content (AvgIpc) is 4.14. The molecule has 75 heavy (non-hydrogen) atoms. The highest BCUT2D eigenvalue weighted by molar-refractivity contribution is 7.13. The zero-order valence-corrected chi connectivity index (χ0v) is 44.4. The Morgan fingerprint density at radius 2 is 1.63 bits per heavy atom. The van der Waals surface area contributed by atoms with Gasteiger partial charge in [0, 0.05) is 63.8 Å². The average molecular weight is 1040 g/mol. The minimum Gasteiger partial charge on any atom is -0.494 e. The Morgan fingerprint density at radius 3 is 2.36 bits per heavy atom. The molecule has 0 aliphatic carbocycles. The number of aryl methyl sites for hydroxylation is 1. The largest absolute Gasteiger partial charge is 0.494 e. The molecule has 398 valence electrons. The number of hydrogen-bond donors (Lipinski definition) is 5. The highest BCUT2D eigenvalue weighted by atomic mass is 32.1. The van der Waals surface area contributed by atoms with E-state index in [4.69, 9.17) is 14.2 Å². The quantitative estimate of drug-likeness (QED) is 0.0361. The minimum atomic E-state index is -0.947. The Balaban J connectivity index is 0.725. The SMILES string of the molecule is Cc1ncsc1-c1ccc(CNC(=O)[C@@H]2C[C@@H](O)CN2C(=O)[C@@H](NC(=O)COCCCOCCCCCOc2ccc([C@H](C)NC(=O)c3cccc(NCc4nnc(-c5ccncn5)n4C)c3)cc2)C(C)(C)C)cc1. The second-order valence-corrected chi connectivity index (χ2v) is 20.5. The number of anilines is 1. The van der Waals surface area contributed by atoms with Crippen LogP contribution < -0.4 is 26.0 Å². The number of benzene rings is 3. The molecule has 0 saturated carbocycles. The van der Waals surface area contributed by atoms with Crippen LogP contribution in [0.1, 0.15) is 98.8 Å². The molecule has 19 nitrogen and oxygen atoms in total. The first-order valence-corrected chi connectivity index (χ1v) is 26.2. The first-order chi connectivity index (χ1) is 36.1. The predicted molar refractivity (Wildman–Crippen MR) is 285 cm³/mol. The minimum absolute atomic E-state index is 0.00790. The van der Waals surface area contributed by atoms with Crippen molar-refractivity contribution in [2.24, 2.45) is 12.5 Å². The third-order valence-corrected chi connectivity index (χ3v) is 13.8. The van der Waals surface area contributed by atoms with Gasteiger partial charge < -0.3 is 50.1 Å². The van der Waals surface area contributed by atoms with Crippen molar-refractivity contribution in [2.45, 2.75) is 104 Å². The van der Waals surface area contributed by atoms with Crippen molar-refractivity contribution < 1.29 is 38.5 Å². The molecule has 1 aliphatic rings. The number of carbonyl (C=O) groups is 4. The standard InChI is InChI=1S/C55H69N11O8S/c1-36(61-52(69)41-12-10-13-42(28-41)57-31-47-63-64-51(65(47)6)45-22-23-56-34-59-45)39-18-20-44(21-19-39)74-27-9-7-8-24-72-25-11-26-73-33-48(68)62-50(55(3,4)5)54(71)66-32-43(67)29-46(66)53(70)58-30-38-14-16-40(17-15-38)49-37(2)60-35-75-49/h10,12-23,28,34-36,43,46,50,57,67H,7-9,11,24-27,29-33H2,1-6H3,(H,58,70)(H,61,69)(H,62,68)/t36-,43+,46-,50+/m0/s1. The second-order valence-electron chi connectivity index (χ2n) is 19.7. The fourth-order valence-corrected chi connectivity index (χ4v) is 9.33. The molecule has 0 bridgehead atoms. The van der Waals surface area contributed by atoms with E-state index in [1.807, 2.05) is 118 Å². The molecule has 7 rings (SSSR count). The topological polar surface area (TPSA) is 237 Å². The van der Waals surface area contributed by atoms with Crippen molar-refractivity contribution in [1.82, 2.24) is 50.6 Å². The highest BCUT2D eigenvalue weighted by Crippen LogP contribution is 2.29. The van der Waals surface area contributed by atoms with Crippen LogP contribution in [0.5, 0.6) is 5.75 Å². The smallest absolute Gasteiger partial charge is 0.251 e. The molecule has 1 fully saturated rings. The lowest BCUT2D eigenvalue weighted by atomic mass is 9.85. The molecule has 1 saturated heterocycles. The van der Waals surface area contributed by atoms with Crippen LogP contribution in [0.3, 0.4) is 0 Å². The number of aliphatic hydroxyl groups excluding tert-OH is 1. The Morgan fingerprint density at radius 1 is 0.867 bits per heavy atom. The van der Waals surface area contributed by atoms with Crippen LogP contribution >= 0.6 is 11.3 Å². The number of ether oxygens (including phenoxy) is 3. The lowest BCUT2D eigenvalue weighted by Gasteiger charge is -2.35. The maximum absolute atomic E-state index is 14.0. The number of nitrogens with zero attached hydrogens (tertiary/aromatic N) is 7. The Kier molecular flexibility index (Phi) is 19.9. The molecule has 1 aliphatic heterocycles. The van der Waals surface area contributed by atoms with Crippen molar-refractivity contribution in [3.05, 3.63) is 125 Å². The summed E-state index contributed by atoms with van der Waals surface area (Å²) in [5.74, 6) is 0.678. The number of β-amino-alcohol motifs (C(OH)–C–C–N with tert-alkyl or cyclic N) is 1. The van der Waals surface area contributed by atoms with E-state index >= 15 is 0 Å². The third kappa shape index (κ3) is 15.9. The predicted octanol–water partition coefficient (Wildman–Crippen LogP) is 6.59. The van der Waals surface area contributed by atoms with Gasteiger partial charge in [-0.15, -0.1) is 21.5 Å². The van der Waals surface area contributed by atoms with E-state index in [0.717, 1.165) is 58.0 Å². The van der Waals surface area contributed by atoms with Gasteiger partial charge >= 0.3 is 0 Å². The van der Waals surface area contributed by atoms with Crippen molar-refractivity contribution in [3.8, 4) is 27.7 Å². The summed E-state index contributed by atoms with van der Waals surface area (Å²) >= 11 is 1.57. The number of aliphatic hydroxyl groups is 1. The molecule has 0 spiro atoms. The van der Waals surface area contributed by atoms with Gasteiger partial charge in [-0.1, -0.05) is 63.2 Å². The molecule has 4 atom stereocenters. The summed E-state index contributed by atoms with van der Waals surface area (Å²) < 4.78 is 19.2. The van der Waals surface area contributed by atoms with Gasteiger partial charge in [0.05, 0.1) is 41.4 Å². The summed E-state index contributed by atoms with van der Waals surface area (Å²) in [7, 11) is 1.88. The van der Waals surface area contributed by atoms with Gasteiger partial charge in [-0.3, -0.25) is 19.2 Å².